The zero-order valence-corrected chi connectivity index (χ0v) is 13.6. The summed E-state index contributed by atoms with van der Waals surface area (Å²) in [5, 5.41) is 4.38. The highest BCUT2D eigenvalue weighted by molar-refractivity contribution is 7.80. The molecule has 0 saturated carbocycles. The van der Waals surface area contributed by atoms with Crippen LogP contribution in [0.3, 0.4) is 0 Å². The van der Waals surface area contributed by atoms with Gasteiger partial charge in [-0.15, -0.1) is 0 Å². The van der Waals surface area contributed by atoms with E-state index in [0.717, 1.165) is 10.9 Å². The maximum atomic E-state index is 12.9. The summed E-state index contributed by atoms with van der Waals surface area (Å²) in [7, 11) is -3.37. The second kappa shape index (κ2) is 6.58. The van der Waals surface area contributed by atoms with Crippen molar-refractivity contribution < 1.29 is 13.6 Å². The van der Waals surface area contributed by atoms with Crippen molar-refractivity contribution in [2.45, 2.75) is 13.8 Å². The second-order valence-corrected chi connectivity index (χ2v) is 6.72. The molecule has 0 aliphatic heterocycles. The van der Waals surface area contributed by atoms with Gasteiger partial charge in [0.2, 0.25) is 0 Å². The van der Waals surface area contributed by atoms with Crippen molar-refractivity contribution in [1.82, 2.24) is 4.98 Å². The average molecular weight is 327 g/mol. The number of nitrogens with one attached hydrogen (secondary N) is 2. The highest BCUT2D eigenvalue weighted by Crippen LogP contribution is 2.47. The van der Waals surface area contributed by atoms with Crippen molar-refractivity contribution in [2.24, 2.45) is 5.73 Å². The SMILES string of the molecule is CCOP(=O)(OCC)c1cc(NC(N)=S)c2cc[nH]c2c1. The summed E-state index contributed by atoms with van der Waals surface area (Å²) < 4.78 is 23.6. The summed E-state index contributed by atoms with van der Waals surface area (Å²) in [6.07, 6.45) is 1.78. The number of aromatic nitrogens is 1. The summed E-state index contributed by atoms with van der Waals surface area (Å²) in [6, 6.07) is 5.33. The Bertz CT molecular complexity index is 691. The lowest BCUT2D eigenvalue weighted by atomic mass is 10.2. The van der Waals surface area contributed by atoms with Crippen molar-refractivity contribution in [3.63, 3.8) is 0 Å². The fraction of sp³-hybridized carbons (Fsp3) is 0.308. The lowest BCUT2D eigenvalue weighted by Gasteiger charge is -2.18. The van der Waals surface area contributed by atoms with Gasteiger partial charge in [0.05, 0.1) is 24.2 Å². The maximum absolute atomic E-state index is 12.9. The molecule has 0 bridgehead atoms. The molecule has 0 aliphatic carbocycles. The van der Waals surface area contributed by atoms with Gasteiger partial charge in [0.1, 0.15) is 0 Å². The van der Waals surface area contributed by atoms with Crippen molar-refractivity contribution in [2.75, 3.05) is 18.5 Å². The molecular weight excluding hydrogens is 309 g/mol. The number of anilines is 1. The minimum absolute atomic E-state index is 0.136. The number of benzene rings is 1. The van der Waals surface area contributed by atoms with E-state index in [1.807, 2.05) is 6.07 Å². The van der Waals surface area contributed by atoms with Gasteiger partial charge in [-0.05, 0) is 44.3 Å². The van der Waals surface area contributed by atoms with Crippen LogP contribution in [0.15, 0.2) is 24.4 Å². The van der Waals surface area contributed by atoms with E-state index in [1.165, 1.54) is 0 Å². The lowest BCUT2D eigenvalue weighted by Crippen LogP contribution is -2.20. The Morgan fingerprint density at radius 1 is 1.38 bits per heavy atom. The Morgan fingerprint density at radius 2 is 2.05 bits per heavy atom. The molecule has 1 aromatic heterocycles. The number of hydrogen-bond donors (Lipinski definition) is 3. The predicted molar refractivity (Wildman–Crippen MR) is 89.2 cm³/mol. The highest BCUT2D eigenvalue weighted by atomic mass is 32.1. The van der Waals surface area contributed by atoms with E-state index in [0.29, 0.717) is 11.0 Å². The highest BCUT2D eigenvalue weighted by Gasteiger charge is 2.28. The van der Waals surface area contributed by atoms with Gasteiger partial charge in [0.15, 0.2) is 5.11 Å². The third-order valence-corrected chi connectivity index (χ3v) is 5.01. The van der Waals surface area contributed by atoms with Gasteiger partial charge in [-0.3, -0.25) is 4.57 Å². The average Bonchev–Trinajstić information content (AvgIpc) is 2.87. The normalized spacial score (nSPS) is 11.7. The molecule has 0 amide bonds. The number of aromatic amines is 1. The fourth-order valence-corrected chi connectivity index (χ4v) is 3.81. The van der Waals surface area contributed by atoms with E-state index in [1.54, 1.807) is 32.2 Å². The molecule has 0 fully saturated rings. The summed E-state index contributed by atoms with van der Waals surface area (Å²) in [5.41, 5.74) is 7.00. The molecule has 1 heterocycles. The van der Waals surface area contributed by atoms with Gasteiger partial charge in [-0.25, -0.2) is 0 Å². The number of fused-ring (bicyclic) bond motifs is 1. The van der Waals surface area contributed by atoms with Crippen LogP contribution in [0.1, 0.15) is 13.8 Å². The maximum Gasteiger partial charge on any atom is 0.361 e. The second-order valence-electron chi connectivity index (χ2n) is 4.25. The van der Waals surface area contributed by atoms with Gasteiger partial charge in [-0.1, -0.05) is 0 Å². The summed E-state index contributed by atoms with van der Waals surface area (Å²) in [5.74, 6) is 0. The molecule has 2 rings (SSSR count). The largest absolute Gasteiger partial charge is 0.376 e. The third kappa shape index (κ3) is 3.44. The van der Waals surface area contributed by atoms with E-state index in [9.17, 15) is 4.57 Å². The molecule has 0 radical (unpaired) electrons. The molecular formula is C13H18N3O3PS. The molecule has 0 atom stereocenters. The van der Waals surface area contributed by atoms with Crippen LogP contribution in [0.2, 0.25) is 0 Å². The van der Waals surface area contributed by atoms with Crippen LogP contribution in [0.4, 0.5) is 5.69 Å². The number of nitrogens with two attached hydrogens (primary N) is 1. The number of hydrogen-bond acceptors (Lipinski definition) is 4. The third-order valence-electron chi connectivity index (χ3n) is 2.83. The first kappa shape index (κ1) is 16.0. The minimum Gasteiger partial charge on any atom is -0.376 e. The molecule has 0 spiro atoms. The Balaban J connectivity index is 2.57. The molecule has 4 N–H and O–H groups in total. The Kier molecular flexibility index (Phi) is 5.00. The first-order chi connectivity index (χ1) is 10.00. The fourth-order valence-electron chi connectivity index (χ4n) is 2.07. The Morgan fingerprint density at radius 3 is 2.62 bits per heavy atom. The Hall–Kier alpha value is -1.40. The van der Waals surface area contributed by atoms with E-state index < -0.39 is 7.60 Å². The lowest BCUT2D eigenvalue weighted by molar-refractivity contribution is 0.230. The van der Waals surface area contributed by atoms with Crippen LogP contribution in [-0.4, -0.2) is 23.3 Å². The summed E-state index contributed by atoms with van der Waals surface area (Å²) in [6.45, 7) is 4.12. The Labute approximate surface area is 128 Å². The van der Waals surface area contributed by atoms with Gasteiger partial charge in [0.25, 0.3) is 0 Å². The summed E-state index contributed by atoms with van der Waals surface area (Å²) >= 11 is 4.88. The minimum atomic E-state index is -3.37. The first-order valence-corrected chi connectivity index (χ1v) is 8.52. The van der Waals surface area contributed by atoms with Crippen LogP contribution in [0.25, 0.3) is 10.9 Å². The quantitative estimate of drug-likeness (QED) is 0.558. The smallest absolute Gasteiger partial charge is 0.361 e. The molecule has 0 unspecified atom stereocenters. The van der Waals surface area contributed by atoms with Crippen LogP contribution >= 0.6 is 19.8 Å². The summed E-state index contributed by atoms with van der Waals surface area (Å²) in [4.78, 5) is 3.07. The molecule has 114 valence electrons. The van der Waals surface area contributed by atoms with Gasteiger partial charge in [-0.2, -0.15) is 0 Å². The van der Waals surface area contributed by atoms with Gasteiger partial charge >= 0.3 is 7.60 Å². The number of H-pyrrole nitrogens is 1. The monoisotopic (exact) mass is 327 g/mol. The van der Waals surface area contributed by atoms with E-state index >= 15 is 0 Å². The van der Waals surface area contributed by atoms with Crippen molar-refractivity contribution >= 4 is 46.8 Å². The molecule has 21 heavy (non-hydrogen) atoms. The van der Waals surface area contributed by atoms with Crippen LogP contribution < -0.4 is 16.4 Å². The zero-order valence-electron chi connectivity index (χ0n) is 11.9. The van der Waals surface area contributed by atoms with Crippen molar-refractivity contribution in [3.05, 3.63) is 24.4 Å². The molecule has 2 aromatic rings. The molecule has 0 saturated heterocycles. The molecule has 6 nitrogen and oxygen atoms in total. The van der Waals surface area contributed by atoms with E-state index in [2.05, 4.69) is 10.3 Å². The number of rotatable bonds is 6. The topological polar surface area (TPSA) is 89.4 Å². The van der Waals surface area contributed by atoms with Gasteiger partial charge < -0.3 is 25.1 Å². The molecule has 0 aliphatic rings. The molecule has 1 aromatic carbocycles. The predicted octanol–water partition coefficient (Wildman–Crippen LogP) is 2.71. The van der Waals surface area contributed by atoms with E-state index in [4.69, 9.17) is 27.0 Å². The van der Waals surface area contributed by atoms with Crippen LogP contribution in [-0.2, 0) is 13.6 Å². The number of thiocarbonyl (C=S) groups is 1. The van der Waals surface area contributed by atoms with Crippen molar-refractivity contribution in [1.29, 1.82) is 0 Å². The van der Waals surface area contributed by atoms with E-state index in [-0.39, 0.29) is 18.3 Å². The first-order valence-electron chi connectivity index (χ1n) is 6.57. The molecule has 8 heteroatoms. The zero-order chi connectivity index (χ0) is 15.5. The van der Waals surface area contributed by atoms with Crippen LogP contribution in [0, 0.1) is 0 Å². The standard InChI is InChI=1S/C13H18N3O3PS/c1-3-18-20(17,19-4-2)9-7-11-10(5-6-15-11)12(8-9)16-13(14)21/h5-8,15H,3-4H2,1-2H3,(H3,14,16,21). The van der Waals surface area contributed by atoms with Gasteiger partial charge in [0, 0.05) is 17.1 Å². The van der Waals surface area contributed by atoms with Crippen molar-refractivity contribution in [3.8, 4) is 0 Å². The van der Waals surface area contributed by atoms with Crippen LogP contribution in [0.5, 0.6) is 0 Å².